The van der Waals surface area contributed by atoms with Gasteiger partial charge in [-0.15, -0.1) is 0 Å². The molecule has 1 aliphatic rings. The second-order valence-electron chi connectivity index (χ2n) is 6.03. The van der Waals surface area contributed by atoms with Crippen LogP contribution in [0.5, 0.6) is 0 Å². The SMILES string of the molecule is Cc1ccc([C@](C)(O)CNC(=O)N[C@@H]2CCC[C@H]2C)o1. The van der Waals surface area contributed by atoms with Gasteiger partial charge in [-0.25, -0.2) is 4.79 Å². The molecule has 5 heteroatoms. The number of rotatable bonds is 4. The minimum absolute atomic E-state index is 0.118. The Hall–Kier alpha value is -1.49. The number of aliphatic hydroxyl groups is 1. The zero-order chi connectivity index (χ0) is 14.8. The Balaban J connectivity index is 1.83. The van der Waals surface area contributed by atoms with E-state index in [2.05, 4.69) is 17.6 Å². The van der Waals surface area contributed by atoms with Gasteiger partial charge in [0.25, 0.3) is 0 Å². The van der Waals surface area contributed by atoms with Gasteiger partial charge in [-0.2, -0.15) is 0 Å². The Morgan fingerprint density at radius 3 is 2.80 bits per heavy atom. The maximum Gasteiger partial charge on any atom is 0.315 e. The summed E-state index contributed by atoms with van der Waals surface area (Å²) in [6, 6.07) is 3.54. The van der Waals surface area contributed by atoms with E-state index in [1.54, 1.807) is 19.1 Å². The summed E-state index contributed by atoms with van der Waals surface area (Å²) in [6.07, 6.45) is 3.35. The fourth-order valence-corrected chi connectivity index (χ4v) is 2.64. The zero-order valence-electron chi connectivity index (χ0n) is 12.4. The van der Waals surface area contributed by atoms with Crippen LogP contribution in [-0.4, -0.2) is 23.7 Å². The van der Waals surface area contributed by atoms with Gasteiger partial charge in [-0.1, -0.05) is 13.3 Å². The summed E-state index contributed by atoms with van der Waals surface area (Å²) in [5.74, 6) is 1.73. The van der Waals surface area contributed by atoms with Crippen molar-refractivity contribution >= 4 is 6.03 Å². The standard InChI is InChI=1S/C15H24N2O3/c1-10-5-4-6-12(10)17-14(18)16-9-15(3,19)13-8-7-11(2)20-13/h7-8,10,12,19H,4-6,9H2,1-3H3,(H2,16,17,18)/t10-,12-,15-/m1/s1. The predicted octanol–water partition coefficient (Wildman–Crippen LogP) is 2.28. The van der Waals surface area contributed by atoms with Gasteiger partial charge in [0.15, 0.2) is 0 Å². The fourth-order valence-electron chi connectivity index (χ4n) is 2.64. The first-order valence-corrected chi connectivity index (χ1v) is 7.22. The molecular weight excluding hydrogens is 256 g/mol. The maximum absolute atomic E-state index is 11.9. The van der Waals surface area contributed by atoms with Crippen molar-refractivity contribution in [3.63, 3.8) is 0 Å². The highest BCUT2D eigenvalue weighted by atomic mass is 16.4. The molecule has 0 saturated heterocycles. The van der Waals surface area contributed by atoms with E-state index in [4.69, 9.17) is 4.42 Å². The van der Waals surface area contributed by atoms with Gasteiger partial charge in [0.2, 0.25) is 0 Å². The zero-order valence-corrected chi connectivity index (χ0v) is 12.4. The molecule has 5 nitrogen and oxygen atoms in total. The number of carbonyl (C=O) groups excluding carboxylic acids is 1. The number of hydrogen-bond acceptors (Lipinski definition) is 3. The van der Waals surface area contributed by atoms with Gasteiger partial charge in [-0.3, -0.25) is 0 Å². The summed E-state index contributed by atoms with van der Waals surface area (Å²) in [4.78, 5) is 11.9. The number of aryl methyl sites for hydroxylation is 1. The van der Waals surface area contributed by atoms with Gasteiger partial charge in [0.05, 0.1) is 6.54 Å². The molecule has 0 radical (unpaired) electrons. The molecule has 0 aliphatic heterocycles. The highest BCUT2D eigenvalue weighted by Crippen LogP contribution is 2.25. The van der Waals surface area contributed by atoms with Gasteiger partial charge < -0.3 is 20.2 Å². The maximum atomic E-state index is 11.9. The minimum Gasteiger partial charge on any atom is -0.463 e. The lowest BCUT2D eigenvalue weighted by atomic mass is 10.0. The first-order chi connectivity index (χ1) is 9.38. The van der Waals surface area contributed by atoms with E-state index in [0.717, 1.165) is 25.0 Å². The van der Waals surface area contributed by atoms with Crippen molar-refractivity contribution in [2.24, 2.45) is 5.92 Å². The lowest BCUT2D eigenvalue weighted by molar-refractivity contribution is 0.0358. The van der Waals surface area contributed by atoms with Gasteiger partial charge >= 0.3 is 6.03 Å². The quantitative estimate of drug-likeness (QED) is 0.792. The Kier molecular flexibility index (Phi) is 4.38. The summed E-state index contributed by atoms with van der Waals surface area (Å²) in [5, 5.41) is 16.0. The average Bonchev–Trinajstić information content (AvgIpc) is 2.97. The summed E-state index contributed by atoms with van der Waals surface area (Å²) in [6.45, 7) is 5.72. The van der Waals surface area contributed by atoms with E-state index in [0.29, 0.717) is 11.7 Å². The van der Waals surface area contributed by atoms with Crippen LogP contribution in [0.25, 0.3) is 0 Å². The van der Waals surface area contributed by atoms with Crippen molar-refractivity contribution < 1.29 is 14.3 Å². The molecule has 1 aliphatic carbocycles. The molecule has 2 amide bonds. The second-order valence-corrected chi connectivity index (χ2v) is 6.03. The Bertz CT molecular complexity index is 467. The monoisotopic (exact) mass is 280 g/mol. The largest absolute Gasteiger partial charge is 0.463 e. The molecular formula is C15H24N2O3. The van der Waals surface area contributed by atoms with Crippen molar-refractivity contribution in [1.82, 2.24) is 10.6 Å². The van der Waals surface area contributed by atoms with Crippen molar-refractivity contribution in [3.05, 3.63) is 23.7 Å². The van der Waals surface area contributed by atoms with Crippen LogP contribution in [-0.2, 0) is 5.60 Å². The lowest BCUT2D eigenvalue weighted by Crippen LogP contribution is -2.47. The van der Waals surface area contributed by atoms with Crippen LogP contribution in [0.4, 0.5) is 4.79 Å². The fraction of sp³-hybridized carbons (Fsp3) is 0.667. The molecule has 0 bridgehead atoms. The molecule has 0 aromatic carbocycles. The number of hydrogen-bond donors (Lipinski definition) is 3. The van der Waals surface area contributed by atoms with E-state index in [-0.39, 0.29) is 18.6 Å². The smallest absolute Gasteiger partial charge is 0.315 e. The molecule has 3 N–H and O–H groups in total. The average molecular weight is 280 g/mol. The molecule has 1 saturated carbocycles. The molecule has 1 aromatic rings. The highest BCUT2D eigenvalue weighted by molar-refractivity contribution is 5.74. The van der Waals surface area contributed by atoms with E-state index >= 15 is 0 Å². The Morgan fingerprint density at radius 1 is 1.50 bits per heavy atom. The van der Waals surface area contributed by atoms with Crippen LogP contribution in [0.15, 0.2) is 16.5 Å². The van der Waals surface area contributed by atoms with Crippen LogP contribution < -0.4 is 10.6 Å². The first kappa shape index (κ1) is 14.9. The number of urea groups is 1. The van der Waals surface area contributed by atoms with Crippen molar-refractivity contribution in [2.75, 3.05) is 6.54 Å². The van der Waals surface area contributed by atoms with Crippen molar-refractivity contribution in [2.45, 2.75) is 51.7 Å². The summed E-state index contributed by atoms with van der Waals surface area (Å²) in [5.41, 5.74) is -1.20. The lowest BCUT2D eigenvalue weighted by Gasteiger charge is -2.23. The number of amides is 2. The van der Waals surface area contributed by atoms with E-state index in [9.17, 15) is 9.90 Å². The topological polar surface area (TPSA) is 74.5 Å². The second kappa shape index (κ2) is 5.87. The molecule has 112 valence electrons. The van der Waals surface area contributed by atoms with Crippen LogP contribution >= 0.6 is 0 Å². The van der Waals surface area contributed by atoms with Gasteiger partial charge in [0.1, 0.15) is 17.1 Å². The Morgan fingerprint density at radius 2 is 2.25 bits per heavy atom. The third kappa shape index (κ3) is 3.54. The van der Waals surface area contributed by atoms with Crippen LogP contribution in [0, 0.1) is 12.8 Å². The van der Waals surface area contributed by atoms with E-state index in [1.165, 1.54) is 0 Å². The molecule has 1 fully saturated rings. The molecule has 20 heavy (non-hydrogen) atoms. The molecule has 3 atom stereocenters. The molecule has 0 unspecified atom stereocenters. The van der Waals surface area contributed by atoms with Crippen LogP contribution in [0.3, 0.4) is 0 Å². The van der Waals surface area contributed by atoms with Crippen molar-refractivity contribution in [3.8, 4) is 0 Å². The minimum atomic E-state index is -1.20. The normalized spacial score (nSPS) is 25.2. The van der Waals surface area contributed by atoms with E-state index < -0.39 is 5.60 Å². The van der Waals surface area contributed by atoms with E-state index in [1.807, 2.05) is 6.92 Å². The number of nitrogens with one attached hydrogen (secondary N) is 2. The molecule has 1 heterocycles. The van der Waals surface area contributed by atoms with Crippen LogP contribution in [0.1, 0.15) is 44.6 Å². The molecule has 0 spiro atoms. The molecule has 2 rings (SSSR count). The summed E-state index contributed by atoms with van der Waals surface area (Å²) >= 11 is 0. The number of furan rings is 1. The molecule has 1 aromatic heterocycles. The third-order valence-corrected chi connectivity index (χ3v) is 4.04. The third-order valence-electron chi connectivity index (χ3n) is 4.04. The number of carbonyl (C=O) groups is 1. The predicted molar refractivity (Wildman–Crippen MR) is 76.4 cm³/mol. The summed E-state index contributed by atoms with van der Waals surface area (Å²) in [7, 11) is 0. The van der Waals surface area contributed by atoms with Gasteiger partial charge in [-0.05, 0) is 44.7 Å². The highest BCUT2D eigenvalue weighted by Gasteiger charge is 2.29. The van der Waals surface area contributed by atoms with Crippen molar-refractivity contribution in [1.29, 1.82) is 0 Å². The summed E-state index contributed by atoms with van der Waals surface area (Å²) < 4.78 is 5.41. The first-order valence-electron chi connectivity index (χ1n) is 7.22. The Labute approximate surface area is 119 Å². The van der Waals surface area contributed by atoms with Gasteiger partial charge in [0, 0.05) is 6.04 Å². The van der Waals surface area contributed by atoms with Crippen LogP contribution in [0.2, 0.25) is 0 Å².